The highest BCUT2D eigenvalue weighted by atomic mass is 32.1. The Labute approximate surface area is 85.2 Å². The van der Waals surface area contributed by atoms with E-state index >= 15 is 0 Å². The van der Waals surface area contributed by atoms with Gasteiger partial charge in [-0.2, -0.15) is 0 Å². The van der Waals surface area contributed by atoms with E-state index in [0.29, 0.717) is 0 Å². The van der Waals surface area contributed by atoms with E-state index in [-0.39, 0.29) is 0 Å². The number of hydrogen-bond donors (Lipinski definition) is 2. The fourth-order valence-electron chi connectivity index (χ4n) is 1.32. The van der Waals surface area contributed by atoms with Crippen LogP contribution in [0.1, 0.15) is 23.6 Å². The quantitative estimate of drug-likeness (QED) is 0.635. The van der Waals surface area contributed by atoms with Gasteiger partial charge in [0, 0.05) is 9.79 Å². The largest absolute Gasteiger partial charge is 0.142 e. The summed E-state index contributed by atoms with van der Waals surface area (Å²) < 4.78 is 0. The lowest BCUT2D eigenvalue weighted by Gasteiger charge is -2.11. The summed E-state index contributed by atoms with van der Waals surface area (Å²) in [6.45, 7) is 6.39. The summed E-state index contributed by atoms with van der Waals surface area (Å²) in [6, 6.07) is 2.10. The Morgan fingerprint density at radius 2 is 1.75 bits per heavy atom. The minimum Gasteiger partial charge on any atom is -0.142 e. The van der Waals surface area contributed by atoms with Crippen LogP contribution in [-0.4, -0.2) is 0 Å². The third-order valence-corrected chi connectivity index (χ3v) is 3.44. The molecule has 0 aliphatic heterocycles. The summed E-state index contributed by atoms with van der Waals surface area (Å²) in [5.74, 6) is 0. The number of hydrogen-bond acceptors (Lipinski definition) is 2. The third-order valence-electron chi connectivity index (χ3n) is 2.33. The van der Waals surface area contributed by atoms with Crippen LogP contribution in [0.5, 0.6) is 0 Å². The lowest BCUT2D eigenvalue weighted by Crippen LogP contribution is -1.92. The van der Waals surface area contributed by atoms with Gasteiger partial charge >= 0.3 is 0 Å². The summed E-state index contributed by atoms with van der Waals surface area (Å²) in [6.07, 6.45) is 1.06. The monoisotopic (exact) mass is 198 g/mol. The molecular weight excluding hydrogens is 184 g/mol. The Balaban J connectivity index is 3.39. The van der Waals surface area contributed by atoms with Crippen LogP contribution in [0, 0.1) is 13.8 Å². The van der Waals surface area contributed by atoms with Gasteiger partial charge in [-0.3, -0.25) is 0 Å². The molecule has 0 unspecified atom stereocenters. The molecular formula is C10H14S2. The van der Waals surface area contributed by atoms with Gasteiger partial charge in [0.1, 0.15) is 0 Å². The van der Waals surface area contributed by atoms with Crippen molar-refractivity contribution in [2.24, 2.45) is 0 Å². The molecule has 1 aromatic carbocycles. The first-order chi connectivity index (χ1) is 5.57. The van der Waals surface area contributed by atoms with Crippen LogP contribution in [0.25, 0.3) is 0 Å². The zero-order valence-corrected chi connectivity index (χ0v) is 9.47. The van der Waals surface area contributed by atoms with Gasteiger partial charge in [-0.15, -0.1) is 25.3 Å². The smallest absolute Gasteiger partial charge is 0.0206 e. The highest BCUT2D eigenvalue weighted by Crippen LogP contribution is 2.27. The van der Waals surface area contributed by atoms with Gasteiger partial charge in [-0.05, 0) is 43.0 Å². The predicted octanol–water partition coefficient (Wildman–Crippen LogP) is 3.44. The maximum absolute atomic E-state index is 4.39. The fourth-order valence-corrected chi connectivity index (χ4v) is 1.88. The van der Waals surface area contributed by atoms with Crippen molar-refractivity contribution < 1.29 is 0 Å². The molecule has 0 spiro atoms. The summed E-state index contributed by atoms with van der Waals surface area (Å²) in [7, 11) is 0. The van der Waals surface area contributed by atoms with Crippen molar-refractivity contribution in [1.82, 2.24) is 0 Å². The number of benzene rings is 1. The molecule has 66 valence electrons. The van der Waals surface area contributed by atoms with Crippen molar-refractivity contribution >= 4 is 25.3 Å². The van der Waals surface area contributed by atoms with Crippen LogP contribution in [0.2, 0.25) is 0 Å². The van der Waals surface area contributed by atoms with E-state index in [1.807, 2.05) is 0 Å². The van der Waals surface area contributed by atoms with Crippen molar-refractivity contribution in [2.45, 2.75) is 37.0 Å². The second-order valence-electron chi connectivity index (χ2n) is 3.01. The van der Waals surface area contributed by atoms with Crippen LogP contribution < -0.4 is 0 Å². The molecule has 1 rings (SSSR count). The zero-order chi connectivity index (χ0) is 9.30. The van der Waals surface area contributed by atoms with Crippen LogP contribution in [0.3, 0.4) is 0 Å². The molecule has 0 amide bonds. The standard InChI is InChI=1S/C10H14S2/c1-4-8-5-9(11)10(12)7(3)6(8)2/h5,11-12H,4H2,1-3H3. The molecule has 0 saturated carbocycles. The molecule has 0 aromatic heterocycles. The molecule has 1 aromatic rings. The van der Waals surface area contributed by atoms with Crippen LogP contribution in [0.15, 0.2) is 15.9 Å². The molecule has 0 aliphatic rings. The van der Waals surface area contributed by atoms with Crippen LogP contribution in [-0.2, 0) is 6.42 Å². The van der Waals surface area contributed by atoms with Gasteiger partial charge in [0.25, 0.3) is 0 Å². The molecule has 0 atom stereocenters. The van der Waals surface area contributed by atoms with E-state index in [0.717, 1.165) is 16.2 Å². The van der Waals surface area contributed by atoms with Crippen molar-refractivity contribution in [1.29, 1.82) is 0 Å². The Hall–Kier alpha value is -0.0800. The second kappa shape index (κ2) is 3.75. The first-order valence-corrected chi connectivity index (χ1v) is 4.98. The van der Waals surface area contributed by atoms with Crippen molar-refractivity contribution in [3.8, 4) is 0 Å². The van der Waals surface area contributed by atoms with Gasteiger partial charge in [-0.1, -0.05) is 6.92 Å². The fraction of sp³-hybridized carbons (Fsp3) is 0.400. The summed E-state index contributed by atoms with van der Waals surface area (Å²) in [5.41, 5.74) is 3.97. The van der Waals surface area contributed by atoms with Gasteiger partial charge in [-0.25, -0.2) is 0 Å². The average Bonchev–Trinajstić information content (AvgIpc) is 2.08. The van der Waals surface area contributed by atoms with Gasteiger partial charge in [0.15, 0.2) is 0 Å². The molecule has 0 fully saturated rings. The van der Waals surface area contributed by atoms with E-state index in [1.54, 1.807) is 0 Å². The topological polar surface area (TPSA) is 0 Å². The van der Waals surface area contributed by atoms with E-state index in [1.165, 1.54) is 16.7 Å². The van der Waals surface area contributed by atoms with E-state index < -0.39 is 0 Å². The average molecular weight is 198 g/mol. The minimum absolute atomic E-state index is 0.985. The zero-order valence-electron chi connectivity index (χ0n) is 7.68. The van der Waals surface area contributed by atoms with Gasteiger partial charge < -0.3 is 0 Å². The first-order valence-electron chi connectivity index (χ1n) is 4.09. The Kier molecular flexibility index (Phi) is 3.13. The van der Waals surface area contributed by atoms with Crippen molar-refractivity contribution in [2.75, 3.05) is 0 Å². The highest BCUT2D eigenvalue weighted by Gasteiger charge is 2.05. The molecule has 2 heteroatoms. The van der Waals surface area contributed by atoms with Crippen LogP contribution >= 0.6 is 25.3 Å². The first kappa shape index (κ1) is 10.0. The molecule has 12 heavy (non-hydrogen) atoms. The summed E-state index contributed by atoms with van der Waals surface area (Å²) in [4.78, 5) is 1.99. The molecule has 0 radical (unpaired) electrons. The van der Waals surface area contributed by atoms with E-state index in [9.17, 15) is 0 Å². The molecule has 0 N–H and O–H groups in total. The molecule has 0 saturated heterocycles. The third kappa shape index (κ3) is 1.64. The molecule has 0 nitrogen and oxygen atoms in total. The Bertz CT molecular complexity index is 303. The molecule has 0 bridgehead atoms. The Morgan fingerprint density at radius 1 is 1.17 bits per heavy atom. The molecule has 0 aliphatic carbocycles. The summed E-state index contributed by atoms with van der Waals surface area (Å²) in [5, 5.41) is 0. The Morgan fingerprint density at radius 3 is 2.25 bits per heavy atom. The summed E-state index contributed by atoms with van der Waals surface area (Å²) >= 11 is 8.75. The normalized spacial score (nSPS) is 10.4. The SMILES string of the molecule is CCc1cc(S)c(S)c(C)c1C. The number of rotatable bonds is 1. The van der Waals surface area contributed by atoms with E-state index in [2.05, 4.69) is 52.1 Å². The maximum Gasteiger partial charge on any atom is 0.0206 e. The molecule has 0 heterocycles. The lowest BCUT2D eigenvalue weighted by atomic mass is 10.0. The number of thiol groups is 2. The predicted molar refractivity (Wildman–Crippen MR) is 59.8 cm³/mol. The number of aryl methyl sites for hydroxylation is 1. The second-order valence-corrected chi connectivity index (χ2v) is 3.94. The lowest BCUT2D eigenvalue weighted by molar-refractivity contribution is 1.03. The minimum atomic E-state index is 0.985. The van der Waals surface area contributed by atoms with Crippen molar-refractivity contribution in [3.05, 3.63) is 22.8 Å². The van der Waals surface area contributed by atoms with Gasteiger partial charge in [0.2, 0.25) is 0 Å². The van der Waals surface area contributed by atoms with Crippen LogP contribution in [0.4, 0.5) is 0 Å². The van der Waals surface area contributed by atoms with Crippen molar-refractivity contribution in [3.63, 3.8) is 0 Å². The van der Waals surface area contributed by atoms with E-state index in [4.69, 9.17) is 0 Å². The maximum atomic E-state index is 4.39. The highest BCUT2D eigenvalue weighted by molar-refractivity contribution is 7.83. The van der Waals surface area contributed by atoms with Gasteiger partial charge in [0.05, 0.1) is 0 Å².